The number of anilines is 1. The maximum absolute atomic E-state index is 14.5. The Morgan fingerprint density at radius 1 is 0.905 bits per heavy atom. The SMILES string of the molecule is CCCCCCCN(C(=O)C(CCSC)NC(=O)OC(C)(C)C)C(C(=O)Nc1ccccc1C)c1c(C)cccc1C. The minimum absolute atomic E-state index is 0.274. The van der Waals surface area contributed by atoms with Gasteiger partial charge in [-0.3, -0.25) is 9.59 Å². The Morgan fingerprint density at radius 3 is 2.12 bits per heavy atom. The third-order valence-electron chi connectivity index (χ3n) is 7.16. The van der Waals surface area contributed by atoms with Crippen molar-refractivity contribution in [1.29, 1.82) is 0 Å². The fourth-order valence-electron chi connectivity index (χ4n) is 5.00. The second-order valence-corrected chi connectivity index (χ2v) is 12.9. The number of rotatable bonds is 15. The molecule has 232 valence electrons. The minimum atomic E-state index is -0.873. The lowest BCUT2D eigenvalue weighted by Gasteiger charge is -2.36. The number of benzene rings is 2. The summed E-state index contributed by atoms with van der Waals surface area (Å²) in [7, 11) is 0. The van der Waals surface area contributed by atoms with Crippen LogP contribution in [0.4, 0.5) is 10.5 Å². The first-order chi connectivity index (χ1) is 19.9. The van der Waals surface area contributed by atoms with Gasteiger partial charge in [0.05, 0.1) is 0 Å². The van der Waals surface area contributed by atoms with Crippen molar-refractivity contribution in [2.24, 2.45) is 0 Å². The van der Waals surface area contributed by atoms with E-state index in [1.807, 2.05) is 69.5 Å². The Morgan fingerprint density at radius 2 is 1.52 bits per heavy atom. The number of carbonyl (C=O) groups excluding carboxylic acids is 3. The van der Waals surface area contributed by atoms with Gasteiger partial charge in [0.1, 0.15) is 17.7 Å². The lowest BCUT2D eigenvalue weighted by atomic mass is 9.93. The van der Waals surface area contributed by atoms with E-state index in [0.717, 1.165) is 54.4 Å². The molecule has 8 heteroatoms. The van der Waals surface area contributed by atoms with Gasteiger partial charge >= 0.3 is 6.09 Å². The highest BCUT2D eigenvalue weighted by Crippen LogP contribution is 2.31. The summed E-state index contributed by atoms with van der Waals surface area (Å²) in [5.74, 6) is 0.113. The number of alkyl carbamates (subject to hydrolysis) is 1. The number of thioether (sulfide) groups is 1. The van der Waals surface area contributed by atoms with Gasteiger partial charge in [-0.25, -0.2) is 4.79 Å². The molecule has 0 aliphatic carbocycles. The van der Waals surface area contributed by atoms with Crippen LogP contribution >= 0.6 is 11.8 Å². The van der Waals surface area contributed by atoms with E-state index in [4.69, 9.17) is 4.74 Å². The van der Waals surface area contributed by atoms with Gasteiger partial charge in [0, 0.05) is 12.2 Å². The van der Waals surface area contributed by atoms with Gasteiger partial charge in [0.2, 0.25) is 5.91 Å². The molecule has 42 heavy (non-hydrogen) atoms. The average molecular weight is 598 g/mol. The topological polar surface area (TPSA) is 87.7 Å². The van der Waals surface area contributed by atoms with E-state index in [1.54, 1.807) is 37.4 Å². The molecule has 0 aromatic heterocycles. The molecule has 3 amide bonds. The largest absolute Gasteiger partial charge is 0.444 e. The molecule has 7 nitrogen and oxygen atoms in total. The van der Waals surface area contributed by atoms with Crippen molar-refractivity contribution in [1.82, 2.24) is 10.2 Å². The molecule has 0 saturated heterocycles. The average Bonchev–Trinajstić information content (AvgIpc) is 2.91. The van der Waals surface area contributed by atoms with E-state index < -0.39 is 23.8 Å². The molecule has 2 unspecified atom stereocenters. The molecule has 0 spiro atoms. The van der Waals surface area contributed by atoms with Crippen LogP contribution in [-0.2, 0) is 14.3 Å². The number of nitrogens with zero attached hydrogens (tertiary/aromatic N) is 1. The van der Waals surface area contributed by atoms with Gasteiger partial charge in [-0.1, -0.05) is 69.0 Å². The van der Waals surface area contributed by atoms with Crippen molar-refractivity contribution < 1.29 is 19.1 Å². The number of unbranched alkanes of at least 4 members (excludes halogenated alkanes) is 4. The fourth-order valence-corrected chi connectivity index (χ4v) is 5.47. The van der Waals surface area contributed by atoms with Crippen LogP contribution in [0.25, 0.3) is 0 Å². The summed E-state index contributed by atoms with van der Waals surface area (Å²) < 4.78 is 5.52. The molecule has 0 aliphatic rings. The predicted octanol–water partition coefficient (Wildman–Crippen LogP) is 7.74. The van der Waals surface area contributed by atoms with E-state index in [0.29, 0.717) is 24.4 Å². The number of hydrogen-bond donors (Lipinski definition) is 2. The second-order valence-electron chi connectivity index (χ2n) is 11.9. The summed E-state index contributed by atoms with van der Waals surface area (Å²) in [6.45, 7) is 13.8. The summed E-state index contributed by atoms with van der Waals surface area (Å²) in [6, 6.07) is 11.8. The first-order valence-corrected chi connectivity index (χ1v) is 16.5. The number of carbonyl (C=O) groups is 3. The molecule has 2 aromatic rings. The maximum atomic E-state index is 14.5. The highest BCUT2D eigenvalue weighted by atomic mass is 32.2. The zero-order chi connectivity index (χ0) is 31.3. The van der Waals surface area contributed by atoms with Crippen LogP contribution in [0.2, 0.25) is 0 Å². The summed E-state index contributed by atoms with van der Waals surface area (Å²) in [5.41, 5.74) is 3.62. The van der Waals surface area contributed by atoms with E-state index in [1.165, 1.54) is 0 Å². The Balaban J connectivity index is 2.59. The smallest absolute Gasteiger partial charge is 0.408 e. The molecule has 2 atom stereocenters. The number of ether oxygens (including phenoxy) is 1. The molecule has 0 fully saturated rings. The Labute approximate surface area is 257 Å². The Bertz CT molecular complexity index is 1160. The van der Waals surface area contributed by atoms with Gasteiger partial charge in [-0.2, -0.15) is 11.8 Å². The second kappa shape index (κ2) is 17.2. The maximum Gasteiger partial charge on any atom is 0.408 e. The van der Waals surface area contributed by atoms with Crippen LogP contribution in [0.15, 0.2) is 42.5 Å². The number of para-hydroxylation sites is 1. The molecule has 2 N–H and O–H groups in total. The number of hydrogen-bond acceptors (Lipinski definition) is 5. The Kier molecular flexibility index (Phi) is 14.4. The molecular formula is C34H51N3O4S. The first kappa shape index (κ1) is 35.2. The van der Waals surface area contributed by atoms with Crippen LogP contribution in [0.3, 0.4) is 0 Å². The monoisotopic (exact) mass is 597 g/mol. The van der Waals surface area contributed by atoms with E-state index in [9.17, 15) is 14.4 Å². The van der Waals surface area contributed by atoms with Crippen molar-refractivity contribution in [3.63, 3.8) is 0 Å². The minimum Gasteiger partial charge on any atom is -0.444 e. The zero-order valence-corrected chi connectivity index (χ0v) is 27.7. The predicted molar refractivity (Wildman–Crippen MR) is 175 cm³/mol. The van der Waals surface area contributed by atoms with Crippen molar-refractivity contribution in [2.45, 2.75) is 105 Å². The Hall–Kier alpha value is -3.00. The molecule has 2 aromatic carbocycles. The summed E-state index contributed by atoms with van der Waals surface area (Å²) in [5, 5.41) is 5.95. The van der Waals surface area contributed by atoms with Crippen LogP contribution in [0, 0.1) is 20.8 Å². The van der Waals surface area contributed by atoms with Crippen molar-refractivity contribution in [2.75, 3.05) is 23.9 Å². The van der Waals surface area contributed by atoms with Crippen LogP contribution in [0.5, 0.6) is 0 Å². The lowest BCUT2D eigenvalue weighted by molar-refractivity contribution is -0.141. The van der Waals surface area contributed by atoms with Crippen molar-refractivity contribution in [3.05, 3.63) is 64.7 Å². The van der Waals surface area contributed by atoms with Gasteiger partial charge in [0.15, 0.2) is 0 Å². The van der Waals surface area contributed by atoms with Crippen LogP contribution in [0.1, 0.15) is 94.5 Å². The van der Waals surface area contributed by atoms with E-state index in [-0.39, 0.29) is 11.8 Å². The molecule has 0 saturated carbocycles. The third kappa shape index (κ3) is 11.0. The molecule has 2 rings (SSSR count). The number of nitrogens with one attached hydrogen (secondary N) is 2. The quantitative estimate of drug-likeness (QED) is 0.205. The van der Waals surface area contributed by atoms with Gasteiger partial charge in [-0.05, 0) is 94.7 Å². The van der Waals surface area contributed by atoms with Crippen LogP contribution in [-0.4, -0.2) is 53.0 Å². The molecule has 0 heterocycles. The zero-order valence-electron chi connectivity index (χ0n) is 26.8. The summed E-state index contributed by atoms with van der Waals surface area (Å²) >= 11 is 1.60. The van der Waals surface area contributed by atoms with Gasteiger partial charge in [-0.15, -0.1) is 0 Å². The lowest BCUT2D eigenvalue weighted by Crippen LogP contribution is -2.53. The van der Waals surface area contributed by atoms with Gasteiger partial charge in [0.25, 0.3) is 5.91 Å². The number of aryl methyl sites for hydroxylation is 3. The molecular weight excluding hydrogens is 546 g/mol. The number of amides is 3. The van der Waals surface area contributed by atoms with Gasteiger partial charge < -0.3 is 20.3 Å². The third-order valence-corrected chi connectivity index (χ3v) is 7.81. The van der Waals surface area contributed by atoms with E-state index in [2.05, 4.69) is 17.6 Å². The first-order valence-electron chi connectivity index (χ1n) is 15.1. The summed E-state index contributed by atoms with van der Waals surface area (Å²) in [4.78, 5) is 43.3. The van der Waals surface area contributed by atoms with Crippen molar-refractivity contribution >= 4 is 35.4 Å². The molecule has 0 aliphatic heterocycles. The highest BCUT2D eigenvalue weighted by Gasteiger charge is 2.37. The normalized spacial score (nSPS) is 12.8. The standard InChI is InChI=1S/C34H51N3O4S/c1-9-10-11-12-15-22-37(32(39)28(21-23-42-8)36-33(40)41-34(5,6)7)30(29-25(3)18-16-19-26(29)4)31(38)35-27-20-14-13-17-24(27)2/h13-14,16-20,28,30H,9-12,15,21-23H2,1-8H3,(H,35,38)(H,36,40). The summed E-state index contributed by atoms with van der Waals surface area (Å²) in [6.07, 6.45) is 6.76. The highest BCUT2D eigenvalue weighted by molar-refractivity contribution is 7.98. The van der Waals surface area contributed by atoms with Crippen molar-refractivity contribution in [3.8, 4) is 0 Å². The fraction of sp³-hybridized carbons (Fsp3) is 0.559. The van der Waals surface area contributed by atoms with E-state index >= 15 is 0 Å². The molecule has 0 radical (unpaired) electrons. The molecule has 0 bridgehead atoms. The van der Waals surface area contributed by atoms with Crippen LogP contribution < -0.4 is 10.6 Å².